The molecule has 0 unspecified atom stereocenters. The van der Waals surface area contributed by atoms with E-state index in [0.29, 0.717) is 6.04 Å². The average molecular weight is 389 g/mol. The van der Waals surface area contributed by atoms with Crippen molar-refractivity contribution >= 4 is 37.5 Å². The molecule has 0 saturated heterocycles. The van der Waals surface area contributed by atoms with Gasteiger partial charge in [0.2, 0.25) is 0 Å². The van der Waals surface area contributed by atoms with Crippen LogP contribution in [-0.4, -0.2) is 13.1 Å². The first-order valence-electron chi connectivity index (χ1n) is 7.23. The van der Waals surface area contributed by atoms with Crippen LogP contribution in [0.15, 0.2) is 22.7 Å². The van der Waals surface area contributed by atoms with Gasteiger partial charge >= 0.3 is 0 Å². The Balaban J connectivity index is 2.03. The highest BCUT2D eigenvalue weighted by Gasteiger charge is 2.23. The quantitative estimate of drug-likeness (QED) is 0.593. The van der Waals surface area contributed by atoms with Crippen LogP contribution in [0, 0.1) is 5.92 Å². The van der Waals surface area contributed by atoms with E-state index in [4.69, 9.17) is 0 Å². The third kappa shape index (κ3) is 3.75. The summed E-state index contributed by atoms with van der Waals surface area (Å²) < 4.78 is 1.20. The zero-order valence-electron chi connectivity index (χ0n) is 11.8. The summed E-state index contributed by atoms with van der Waals surface area (Å²) in [5, 5.41) is 0.902. The van der Waals surface area contributed by atoms with Crippen molar-refractivity contribution < 1.29 is 0 Å². The van der Waals surface area contributed by atoms with Crippen LogP contribution in [0.4, 0.5) is 5.69 Å². The smallest absolute Gasteiger partial charge is 0.0377 e. The number of anilines is 1. The molecule has 0 radical (unpaired) electrons. The summed E-state index contributed by atoms with van der Waals surface area (Å²) in [6.07, 6.45) is 6.82. The van der Waals surface area contributed by atoms with Gasteiger partial charge in [-0.1, -0.05) is 51.3 Å². The Kier molecular flexibility index (Phi) is 5.76. The lowest BCUT2D eigenvalue weighted by Gasteiger charge is -2.36. The summed E-state index contributed by atoms with van der Waals surface area (Å²) in [7, 11) is 2.24. The van der Waals surface area contributed by atoms with Crippen molar-refractivity contribution in [2.45, 2.75) is 50.4 Å². The second kappa shape index (κ2) is 7.12. The van der Waals surface area contributed by atoms with Crippen molar-refractivity contribution in [1.82, 2.24) is 0 Å². The first-order chi connectivity index (χ1) is 9.15. The minimum Gasteiger partial charge on any atom is -0.372 e. The number of halogens is 2. The SMILES string of the molecule is CCC1CCC(N(C)c2ccc(CBr)c(Br)c2)CC1. The average Bonchev–Trinajstić information content (AvgIpc) is 2.46. The van der Waals surface area contributed by atoms with Crippen LogP contribution in [0.2, 0.25) is 0 Å². The van der Waals surface area contributed by atoms with Crippen molar-refractivity contribution in [2.75, 3.05) is 11.9 Å². The molecule has 1 aromatic rings. The Morgan fingerprint density at radius 2 is 1.89 bits per heavy atom. The first kappa shape index (κ1) is 15.4. The van der Waals surface area contributed by atoms with Crippen LogP contribution < -0.4 is 4.90 Å². The van der Waals surface area contributed by atoms with Gasteiger partial charge in [0.25, 0.3) is 0 Å². The van der Waals surface area contributed by atoms with E-state index in [2.05, 4.69) is 68.9 Å². The fourth-order valence-corrected chi connectivity index (χ4v) is 4.39. The topological polar surface area (TPSA) is 3.24 Å². The summed E-state index contributed by atoms with van der Waals surface area (Å²) in [5.74, 6) is 0.965. The van der Waals surface area contributed by atoms with Crippen LogP contribution in [0.1, 0.15) is 44.6 Å². The maximum atomic E-state index is 3.66. The molecule has 1 saturated carbocycles. The summed E-state index contributed by atoms with van der Waals surface area (Å²) in [6, 6.07) is 7.42. The third-order valence-corrected chi connectivity index (χ3v) is 5.87. The lowest BCUT2D eigenvalue weighted by Crippen LogP contribution is -2.35. The van der Waals surface area contributed by atoms with E-state index < -0.39 is 0 Å². The molecule has 1 fully saturated rings. The molecule has 2 rings (SSSR count). The van der Waals surface area contributed by atoms with Gasteiger partial charge in [-0.2, -0.15) is 0 Å². The molecule has 106 valence electrons. The normalized spacial score (nSPS) is 23.4. The first-order valence-corrected chi connectivity index (χ1v) is 9.14. The number of benzene rings is 1. The van der Waals surface area contributed by atoms with Crippen LogP contribution >= 0.6 is 31.9 Å². The van der Waals surface area contributed by atoms with Crippen LogP contribution in [0.5, 0.6) is 0 Å². The molecule has 1 aliphatic rings. The second-order valence-corrected chi connectivity index (χ2v) is 7.02. The van der Waals surface area contributed by atoms with Crippen molar-refractivity contribution in [3.05, 3.63) is 28.2 Å². The minimum atomic E-state index is 0.713. The molecule has 0 bridgehead atoms. The summed E-state index contributed by atoms with van der Waals surface area (Å²) in [6.45, 7) is 2.32. The van der Waals surface area contributed by atoms with E-state index in [0.717, 1.165) is 11.2 Å². The van der Waals surface area contributed by atoms with Gasteiger partial charge in [0.1, 0.15) is 0 Å². The monoisotopic (exact) mass is 387 g/mol. The second-order valence-electron chi connectivity index (χ2n) is 5.60. The maximum absolute atomic E-state index is 3.66. The van der Waals surface area contributed by atoms with Crippen LogP contribution in [-0.2, 0) is 5.33 Å². The molecule has 3 heteroatoms. The van der Waals surface area contributed by atoms with Gasteiger partial charge in [0.05, 0.1) is 0 Å². The zero-order chi connectivity index (χ0) is 13.8. The molecular weight excluding hydrogens is 366 g/mol. The van der Waals surface area contributed by atoms with Crippen molar-refractivity contribution in [3.63, 3.8) is 0 Å². The third-order valence-electron chi connectivity index (χ3n) is 4.53. The van der Waals surface area contributed by atoms with E-state index >= 15 is 0 Å². The number of hydrogen-bond donors (Lipinski definition) is 0. The van der Waals surface area contributed by atoms with Crippen molar-refractivity contribution in [3.8, 4) is 0 Å². The van der Waals surface area contributed by atoms with Gasteiger partial charge in [-0.25, -0.2) is 0 Å². The predicted octanol–water partition coefficient (Wildman–Crippen LogP) is 5.75. The molecule has 0 heterocycles. The highest BCUT2D eigenvalue weighted by molar-refractivity contribution is 9.10. The summed E-state index contributed by atoms with van der Waals surface area (Å²) in [4.78, 5) is 2.47. The number of alkyl halides is 1. The molecular formula is C16H23Br2N. The Morgan fingerprint density at radius 1 is 1.21 bits per heavy atom. The fraction of sp³-hybridized carbons (Fsp3) is 0.625. The number of nitrogens with zero attached hydrogens (tertiary/aromatic N) is 1. The van der Waals surface area contributed by atoms with Gasteiger partial charge in [-0.3, -0.25) is 0 Å². The molecule has 0 aromatic heterocycles. The Morgan fingerprint density at radius 3 is 2.42 bits per heavy atom. The highest BCUT2D eigenvalue weighted by Crippen LogP contribution is 2.32. The molecule has 0 amide bonds. The maximum Gasteiger partial charge on any atom is 0.0377 e. The zero-order valence-corrected chi connectivity index (χ0v) is 15.0. The predicted molar refractivity (Wildman–Crippen MR) is 91.2 cm³/mol. The van der Waals surface area contributed by atoms with Crippen molar-refractivity contribution in [2.24, 2.45) is 5.92 Å². The summed E-state index contributed by atoms with van der Waals surface area (Å²) >= 11 is 7.18. The molecule has 0 N–H and O–H groups in total. The Labute approximate surface area is 134 Å². The van der Waals surface area contributed by atoms with E-state index in [1.54, 1.807) is 0 Å². The van der Waals surface area contributed by atoms with Gasteiger partial charge in [0.15, 0.2) is 0 Å². The Hall–Kier alpha value is -0.0200. The standard InChI is InChI=1S/C16H23Br2N/c1-3-12-4-7-14(8-5-12)19(2)15-9-6-13(11-17)16(18)10-15/h6,9-10,12,14H,3-5,7-8,11H2,1-2H3. The molecule has 0 atom stereocenters. The molecule has 1 nitrogen and oxygen atoms in total. The van der Waals surface area contributed by atoms with E-state index in [1.807, 2.05) is 0 Å². The van der Waals surface area contributed by atoms with E-state index in [-0.39, 0.29) is 0 Å². The number of rotatable bonds is 4. The molecule has 19 heavy (non-hydrogen) atoms. The summed E-state index contributed by atoms with van der Waals surface area (Å²) in [5.41, 5.74) is 2.64. The molecule has 0 spiro atoms. The largest absolute Gasteiger partial charge is 0.372 e. The van der Waals surface area contributed by atoms with Gasteiger partial charge < -0.3 is 4.90 Å². The molecule has 0 aliphatic heterocycles. The Bertz CT molecular complexity index is 411. The lowest BCUT2D eigenvalue weighted by molar-refractivity contribution is 0.313. The van der Waals surface area contributed by atoms with Crippen LogP contribution in [0.3, 0.4) is 0 Å². The van der Waals surface area contributed by atoms with E-state index in [9.17, 15) is 0 Å². The van der Waals surface area contributed by atoms with Crippen LogP contribution in [0.25, 0.3) is 0 Å². The minimum absolute atomic E-state index is 0.713. The van der Waals surface area contributed by atoms with Gasteiger partial charge in [-0.05, 0) is 49.3 Å². The molecule has 1 aliphatic carbocycles. The van der Waals surface area contributed by atoms with E-state index in [1.165, 1.54) is 47.8 Å². The lowest BCUT2D eigenvalue weighted by atomic mass is 9.84. The van der Waals surface area contributed by atoms with Crippen molar-refractivity contribution in [1.29, 1.82) is 0 Å². The number of hydrogen-bond acceptors (Lipinski definition) is 1. The highest BCUT2D eigenvalue weighted by atomic mass is 79.9. The fourth-order valence-electron chi connectivity index (χ4n) is 3.02. The molecule has 1 aromatic carbocycles. The van der Waals surface area contributed by atoms with Gasteiger partial charge in [0, 0.05) is 28.6 Å². The van der Waals surface area contributed by atoms with Gasteiger partial charge in [-0.15, -0.1) is 0 Å².